The van der Waals surface area contributed by atoms with Crippen LogP contribution in [-0.2, 0) is 6.54 Å². The van der Waals surface area contributed by atoms with Gasteiger partial charge in [0.2, 0.25) is 5.89 Å². The Morgan fingerprint density at radius 1 is 1.32 bits per heavy atom. The van der Waals surface area contributed by atoms with Crippen LogP contribution in [0.3, 0.4) is 0 Å². The fraction of sp³-hybridized carbons (Fsp3) is 0.438. The molecule has 0 aliphatic heterocycles. The van der Waals surface area contributed by atoms with Gasteiger partial charge in [-0.3, -0.25) is 4.90 Å². The summed E-state index contributed by atoms with van der Waals surface area (Å²) in [5.74, 6) is -1.27. The Morgan fingerprint density at radius 2 is 2.05 bits per heavy atom. The molecule has 1 aromatic heterocycles. The number of rotatable bonds is 6. The van der Waals surface area contributed by atoms with Gasteiger partial charge in [-0.25, -0.2) is 13.8 Å². The first-order chi connectivity index (χ1) is 10.4. The number of oxazole rings is 1. The highest BCUT2D eigenvalue weighted by atomic mass is 19.2. The maximum Gasteiger partial charge on any atom is 0.229 e. The molecule has 0 saturated heterocycles. The molecular weight excluding hydrogens is 290 g/mol. The molecule has 0 amide bonds. The SMILES string of the molecule is Cc1oc(-c2cccc(F)c2F)nc1CN(CCO)C(C)C. The normalized spacial score (nSPS) is 11.6. The molecule has 0 aliphatic carbocycles. The van der Waals surface area contributed by atoms with Gasteiger partial charge in [-0.2, -0.15) is 0 Å². The van der Waals surface area contributed by atoms with Crippen molar-refractivity contribution in [3.8, 4) is 11.5 Å². The van der Waals surface area contributed by atoms with Crippen molar-refractivity contribution in [1.82, 2.24) is 9.88 Å². The van der Waals surface area contributed by atoms with Crippen LogP contribution >= 0.6 is 0 Å². The first kappa shape index (κ1) is 16.6. The van der Waals surface area contributed by atoms with Crippen molar-refractivity contribution in [1.29, 1.82) is 0 Å². The fourth-order valence-corrected chi connectivity index (χ4v) is 2.20. The van der Waals surface area contributed by atoms with Gasteiger partial charge in [0.1, 0.15) is 5.76 Å². The average molecular weight is 310 g/mol. The highest BCUT2D eigenvalue weighted by Crippen LogP contribution is 2.26. The van der Waals surface area contributed by atoms with Gasteiger partial charge in [-0.1, -0.05) is 6.07 Å². The third kappa shape index (κ3) is 3.51. The van der Waals surface area contributed by atoms with Crippen molar-refractivity contribution >= 4 is 0 Å². The molecule has 0 radical (unpaired) electrons. The molecule has 0 unspecified atom stereocenters. The highest BCUT2D eigenvalue weighted by Gasteiger charge is 2.19. The molecule has 0 fully saturated rings. The van der Waals surface area contributed by atoms with Gasteiger partial charge >= 0.3 is 0 Å². The standard InChI is InChI=1S/C16H20F2N2O2/c1-10(2)20(7-8-21)9-14-11(3)22-16(19-14)12-5-4-6-13(17)15(12)18/h4-6,10,21H,7-9H2,1-3H3. The zero-order valence-corrected chi connectivity index (χ0v) is 12.9. The second kappa shape index (κ2) is 6.98. The summed E-state index contributed by atoms with van der Waals surface area (Å²) in [5, 5.41) is 9.11. The Labute approximate surface area is 128 Å². The molecule has 0 atom stereocenters. The summed E-state index contributed by atoms with van der Waals surface area (Å²) in [4.78, 5) is 6.31. The van der Waals surface area contributed by atoms with Crippen molar-refractivity contribution in [2.75, 3.05) is 13.2 Å². The smallest absolute Gasteiger partial charge is 0.229 e. The van der Waals surface area contributed by atoms with Gasteiger partial charge in [-0.15, -0.1) is 0 Å². The topological polar surface area (TPSA) is 49.5 Å². The highest BCUT2D eigenvalue weighted by molar-refractivity contribution is 5.54. The Hall–Kier alpha value is -1.79. The number of aliphatic hydroxyl groups is 1. The average Bonchev–Trinajstić information content (AvgIpc) is 2.82. The van der Waals surface area contributed by atoms with Crippen molar-refractivity contribution in [2.45, 2.75) is 33.4 Å². The van der Waals surface area contributed by atoms with Crippen molar-refractivity contribution in [2.24, 2.45) is 0 Å². The predicted octanol–water partition coefficient (Wildman–Crippen LogP) is 3.13. The molecule has 1 heterocycles. The van der Waals surface area contributed by atoms with Gasteiger partial charge in [0.15, 0.2) is 11.6 Å². The first-order valence-electron chi connectivity index (χ1n) is 7.19. The van der Waals surface area contributed by atoms with Gasteiger partial charge in [0, 0.05) is 19.1 Å². The van der Waals surface area contributed by atoms with E-state index in [-0.39, 0.29) is 24.1 Å². The number of hydrogen-bond acceptors (Lipinski definition) is 4. The van der Waals surface area contributed by atoms with E-state index in [0.717, 1.165) is 6.07 Å². The van der Waals surface area contributed by atoms with E-state index in [1.807, 2.05) is 18.7 Å². The van der Waals surface area contributed by atoms with Crippen LogP contribution in [0.5, 0.6) is 0 Å². The van der Waals surface area contributed by atoms with E-state index in [4.69, 9.17) is 9.52 Å². The zero-order valence-electron chi connectivity index (χ0n) is 12.9. The molecule has 6 heteroatoms. The second-order valence-electron chi connectivity index (χ2n) is 5.41. The fourth-order valence-electron chi connectivity index (χ4n) is 2.20. The molecule has 0 spiro atoms. The third-order valence-corrected chi connectivity index (χ3v) is 3.55. The Kier molecular flexibility index (Phi) is 5.26. The number of benzene rings is 1. The van der Waals surface area contributed by atoms with Gasteiger partial charge in [-0.05, 0) is 32.9 Å². The van der Waals surface area contributed by atoms with Crippen LogP contribution in [0, 0.1) is 18.6 Å². The minimum Gasteiger partial charge on any atom is -0.441 e. The number of hydrogen-bond donors (Lipinski definition) is 1. The van der Waals surface area contributed by atoms with Crippen molar-refractivity contribution < 1.29 is 18.3 Å². The number of aromatic nitrogens is 1. The maximum atomic E-state index is 13.8. The summed E-state index contributed by atoms with van der Waals surface area (Å²) < 4.78 is 32.6. The lowest BCUT2D eigenvalue weighted by molar-refractivity contribution is 0.157. The van der Waals surface area contributed by atoms with Gasteiger partial charge in [0.05, 0.1) is 17.9 Å². The minimum absolute atomic E-state index is 0.00704. The summed E-state index contributed by atoms with van der Waals surface area (Å²) in [7, 11) is 0. The number of nitrogens with zero attached hydrogens (tertiary/aromatic N) is 2. The Morgan fingerprint density at radius 3 is 2.68 bits per heavy atom. The van der Waals surface area contributed by atoms with E-state index in [9.17, 15) is 8.78 Å². The largest absolute Gasteiger partial charge is 0.441 e. The van der Waals surface area contributed by atoms with Gasteiger partial charge < -0.3 is 9.52 Å². The van der Waals surface area contributed by atoms with E-state index in [2.05, 4.69) is 4.98 Å². The van der Waals surface area contributed by atoms with Gasteiger partial charge in [0.25, 0.3) is 0 Å². The van der Waals surface area contributed by atoms with Crippen LogP contribution in [0.1, 0.15) is 25.3 Å². The lowest BCUT2D eigenvalue weighted by Gasteiger charge is -2.24. The zero-order chi connectivity index (χ0) is 16.3. The molecular formula is C16H20F2N2O2. The lowest BCUT2D eigenvalue weighted by Crippen LogP contribution is -2.33. The Bertz CT molecular complexity index is 641. The maximum absolute atomic E-state index is 13.8. The predicted molar refractivity (Wildman–Crippen MR) is 79.2 cm³/mol. The van der Waals surface area contributed by atoms with Crippen LogP contribution in [0.4, 0.5) is 8.78 Å². The summed E-state index contributed by atoms with van der Waals surface area (Å²) in [5.41, 5.74) is 0.661. The molecule has 22 heavy (non-hydrogen) atoms. The summed E-state index contributed by atoms with van der Waals surface area (Å²) in [6, 6.07) is 4.12. The molecule has 1 N–H and O–H groups in total. The van der Waals surface area contributed by atoms with E-state index in [1.54, 1.807) is 6.92 Å². The van der Waals surface area contributed by atoms with Crippen LogP contribution in [-0.4, -0.2) is 34.2 Å². The third-order valence-electron chi connectivity index (χ3n) is 3.55. The molecule has 120 valence electrons. The number of halogens is 2. The monoisotopic (exact) mass is 310 g/mol. The number of aliphatic hydroxyl groups excluding tert-OH is 1. The summed E-state index contributed by atoms with van der Waals surface area (Å²) in [6.45, 7) is 6.79. The summed E-state index contributed by atoms with van der Waals surface area (Å²) >= 11 is 0. The van der Waals surface area contributed by atoms with Crippen molar-refractivity contribution in [3.05, 3.63) is 41.3 Å². The molecule has 4 nitrogen and oxygen atoms in total. The van der Waals surface area contributed by atoms with Crippen LogP contribution in [0.15, 0.2) is 22.6 Å². The lowest BCUT2D eigenvalue weighted by atomic mass is 10.2. The quantitative estimate of drug-likeness (QED) is 0.890. The van der Waals surface area contributed by atoms with Crippen LogP contribution in [0.2, 0.25) is 0 Å². The van der Waals surface area contributed by atoms with E-state index >= 15 is 0 Å². The van der Waals surface area contributed by atoms with E-state index < -0.39 is 11.6 Å². The number of aryl methyl sites for hydroxylation is 1. The Balaban J connectivity index is 2.30. The van der Waals surface area contributed by atoms with Crippen LogP contribution < -0.4 is 0 Å². The van der Waals surface area contributed by atoms with E-state index in [1.165, 1.54) is 12.1 Å². The molecule has 2 rings (SSSR count). The van der Waals surface area contributed by atoms with Crippen molar-refractivity contribution in [3.63, 3.8) is 0 Å². The molecule has 0 bridgehead atoms. The molecule has 0 aliphatic rings. The second-order valence-corrected chi connectivity index (χ2v) is 5.41. The first-order valence-corrected chi connectivity index (χ1v) is 7.19. The molecule has 2 aromatic rings. The summed E-state index contributed by atoms with van der Waals surface area (Å²) in [6.07, 6.45) is 0. The van der Waals surface area contributed by atoms with Crippen LogP contribution in [0.25, 0.3) is 11.5 Å². The molecule has 1 aromatic carbocycles. The minimum atomic E-state index is -0.966. The van der Waals surface area contributed by atoms with E-state index in [0.29, 0.717) is 24.5 Å². The molecule has 0 saturated carbocycles.